The molecule has 123 valence electrons. The first kappa shape index (κ1) is 17.1. The van der Waals surface area contributed by atoms with Crippen molar-refractivity contribution in [3.63, 3.8) is 0 Å². The summed E-state index contributed by atoms with van der Waals surface area (Å²) in [5.41, 5.74) is 9.31. The molecule has 1 radical (unpaired) electrons. The summed E-state index contributed by atoms with van der Waals surface area (Å²) in [5, 5.41) is 19.7. The van der Waals surface area contributed by atoms with E-state index < -0.39 is 0 Å². The maximum absolute atomic E-state index is 8.96. The zero-order valence-electron chi connectivity index (χ0n) is 13.4. The molecule has 0 fully saturated rings. The maximum atomic E-state index is 8.96. The van der Waals surface area contributed by atoms with Crippen LogP contribution in [0.25, 0.3) is 0 Å². The molecule has 5 heteroatoms. The van der Waals surface area contributed by atoms with Crippen LogP contribution >= 0.6 is 0 Å². The van der Waals surface area contributed by atoms with Gasteiger partial charge in [-0.2, -0.15) is 0 Å². The zero-order chi connectivity index (χ0) is 16.7. The fourth-order valence-electron chi connectivity index (χ4n) is 2.44. The fourth-order valence-corrected chi connectivity index (χ4v) is 2.44. The minimum Gasteiger partial charge on any atom is -0.493 e. The van der Waals surface area contributed by atoms with Crippen molar-refractivity contribution in [2.75, 3.05) is 18.5 Å². The lowest BCUT2D eigenvalue weighted by Gasteiger charge is -2.21. The minimum atomic E-state index is -0.0105. The number of aliphatic hydroxyl groups is 1. The largest absolute Gasteiger partial charge is 0.493 e. The summed E-state index contributed by atoms with van der Waals surface area (Å²) in [7, 11) is 0. The first-order chi connectivity index (χ1) is 11.1. The average Bonchev–Trinajstić information content (AvgIpc) is 2.55. The highest BCUT2D eigenvalue weighted by molar-refractivity contribution is 5.95. The molecule has 1 aliphatic carbocycles. The van der Waals surface area contributed by atoms with Crippen molar-refractivity contribution in [3.05, 3.63) is 59.4 Å². The number of nitrogen functional groups attached to an aromatic ring is 1. The van der Waals surface area contributed by atoms with Crippen LogP contribution in [0, 0.1) is 11.8 Å². The van der Waals surface area contributed by atoms with Crippen molar-refractivity contribution in [1.29, 1.82) is 5.41 Å². The van der Waals surface area contributed by atoms with Crippen LogP contribution in [0.4, 0.5) is 5.69 Å². The van der Waals surface area contributed by atoms with Gasteiger partial charge in [-0.15, -0.1) is 0 Å². The van der Waals surface area contributed by atoms with E-state index in [1.807, 2.05) is 30.7 Å². The molecule has 5 N–H and O–H groups in total. The predicted octanol–water partition coefficient (Wildman–Crippen LogP) is 2.94. The predicted molar refractivity (Wildman–Crippen MR) is 93.1 cm³/mol. The Morgan fingerprint density at radius 1 is 1.35 bits per heavy atom. The van der Waals surface area contributed by atoms with E-state index in [9.17, 15) is 0 Å². The second kappa shape index (κ2) is 8.39. The lowest BCUT2D eigenvalue weighted by Crippen LogP contribution is -2.13. The minimum absolute atomic E-state index is 0.0105. The molecule has 23 heavy (non-hydrogen) atoms. The van der Waals surface area contributed by atoms with Crippen LogP contribution in [0.2, 0.25) is 0 Å². The monoisotopic (exact) mass is 314 g/mol. The van der Waals surface area contributed by atoms with Crippen LogP contribution < -0.4 is 11.1 Å². The molecule has 0 unspecified atom stereocenters. The molecule has 0 heterocycles. The number of allylic oxidation sites excluding steroid dienone is 3. The van der Waals surface area contributed by atoms with Gasteiger partial charge in [-0.3, -0.25) is 5.41 Å². The topological polar surface area (TPSA) is 91.4 Å². The quantitative estimate of drug-likeness (QED) is 0.438. The van der Waals surface area contributed by atoms with E-state index in [2.05, 4.69) is 18.3 Å². The number of amidine groups is 1. The van der Waals surface area contributed by atoms with E-state index in [4.69, 9.17) is 21.0 Å². The summed E-state index contributed by atoms with van der Waals surface area (Å²) < 4.78 is 5.62. The third-order valence-electron chi connectivity index (χ3n) is 3.56. The number of anilines is 1. The number of rotatable bonds is 8. The van der Waals surface area contributed by atoms with Gasteiger partial charge in [-0.1, -0.05) is 18.9 Å². The molecule has 0 bridgehead atoms. The number of nitrogens with two attached hydrogens (primary N) is 1. The number of aliphatic hydroxyl groups excluding tert-OH is 1. The Labute approximate surface area is 137 Å². The number of hydrogen-bond acceptors (Lipinski definition) is 4. The highest BCUT2D eigenvalue weighted by atomic mass is 16.5. The summed E-state index contributed by atoms with van der Waals surface area (Å²) in [5.74, 6) is 0.813. The second-order valence-electron chi connectivity index (χ2n) is 5.43. The highest BCUT2D eigenvalue weighted by Gasteiger charge is 2.15. The maximum Gasteiger partial charge on any atom is 0.124 e. The molecule has 0 amide bonds. The summed E-state index contributed by atoms with van der Waals surface area (Å²) in [4.78, 5) is 0. The molecule has 1 aromatic rings. The molecule has 0 saturated heterocycles. The lowest BCUT2D eigenvalue weighted by atomic mass is 9.97. The SMILES string of the molecule is CCCC1=CC(Nc2ccc(C(=N)N)cc2)=C(OCCO)[CH]C1. The standard InChI is InChI=1S/C18H24N3O2/c1-2-3-13-4-9-17(23-11-10-22)16(12-13)21-15-7-5-14(6-8-15)18(19)20/h5-9,12,21-22H,2-4,10-11H2,1H3,(H3,19,20). The van der Waals surface area contributed by atoms with Gasteiger partial charge < -0.3 is 20.9 Å². The Kier molecular flexibility index (Phi) is 6.23. The fraction of sp³-hybridized carbons (Fsp3) is 0.333. The summed E-state index contributed by atoms with van der Waals surface area (Å²) >= 11 is 0. The summed E-state index contributed by atoms with van der Waals surface area (Å²) in [6.45, 7) is 2.43. The number of nitrogens with one attached hydrogen (secondary N) is 2. The first-order valence-corrected chi connectivity index (χ1v) is 7.86. The molecule has 0 atom stereocenters. The normalized spacial score (nSPS) is 14.4. The van der Waals surface area contributed by atoms with Crippen LogP contribution in [0.5, 0.6) is 0 Å². The Morgan fingerprint density at radius 3 is 2.70 bits per heavy atom. The molecule has 1 aromatic carbocycles. The highest BCUT2D eigenvalue weighted by Crippen LogP contribution is 2.27. The van der Waals surface area contributed by atoms with Crippen molar-refractivity contribution in [2.45, 2.75) is 26.2 Å². The van der Waals surface area contributed by atoms with E-state index in [-0.39, 0.29) is 19.0 Å². The Morgan fingerprint density at radius 2 is 2.09 bits per heavy atom. The van der Waals surface area contributed by atoms with Gasteiger partial charge in [0.25, 0.3) is 0 Å². The number of hydrogen-bond donors (Lipinski definition) is 4. The van der Waals surface area contributed by atoms with E-state index >= 15 is 0 Å². The van der Waals surface area contributed by atoms with E-state index in [1.54, 1.807) is 0 Å². The Hall–Kier alpha value is -2.27. The van der Waals surface area contributed by atoms with Crippen LogP contribution in [0.15, 0.2) is 47.4 Å². The van der Waals surface area contributed by atoms with E-state index in [1.165, 1.54) is 5.57 Å². The van der Waals surface area contributed by atoms with Gasteiger partial charge in [0.05, 0.1) is 12.3 Å². The van der Waals surface area contributed by atoms with E-state index in [0.29, 0.717) is 5.56 Å². The molecule has 1 aliphatic rings. The molecular formula is C18H24N3O2. The Balaban J connectivity index is 2.19. The molecule has 0 spiro atoms. The van der Waals surface area contributed by atoms with Crippen molar-refractivity contribution in [2.24, 2.45) is 5.73 Å². The van der Waals surface area contributed by atoms with Crippen molar-refractivity contribution in [1.82, 2.24) is 0 Å². The van der Waals surface area contributed by atoms with Crippen LogP contribution in [-0.2, 0) is 4.74 Å². The average molecular weight is 314 g/mol. The molecule has 2 rings (SSSR count). The van der Waals surface area contributed by atoms with Crippen LogP contribution in [0.1, 0.15) is 31.7 Å². The van der Waals surface area contributed by atoms with E-state index in [0.717, 1.165) is 36.4 Å². The van der Waals surface area contributed by atoms with Gasteiger partial charge in [0, 0.05) is 17.7 Å². The van der Waals surface area contributed by atoms with Crippen LogP contribution in [0.3, 0.4) is 0 Å². The lowest BCUT2D eigenvalue weighted by molar-refractivity contribution is 0.146. The third kappa shape index (κ3) is 4.86. The summed E-state index contributed by atoms with van der Waals surface area (Å²) in [6, 6.07) is 7.38. The van der Waals surface area contributed by atoms with Gasteiger partial charge in [-0.25, -0.2) is 0 Å². The van der Waals surface area contributed by atoms with Gasteiger partial charge in [0.2, 0.25) is 0 Å². The smallest absolute Gasteiger partial charge is 0.124 e. The number of benzene rings is 1. The van der Waals surface area contributed by atoms with Gasteiger partial charge in [0.1, 0.15) is 18.2 Å². The van der Waals surface area contributed by atoms with Gasteiger partial charge in [0.15, 0.2) is 0 Å². The number of ether oxygens (including phenoxy) is 1. The second-order valence-corrected chi connectivity index (χ2v) is 5.43. The van der Waals surface area contributed by atoms with Crippen molar-refractivity contribution >= 4 is 11.5 Å². The van der Waals surface area contributed by atoms with Crippen LogP contribution in [-0.4, -0.2) is 24.2 Å². The van der Waals surface area contributed by atoms with Crippen molar-refractivity contribution < 1.29 is 9.84 Å². The van der Waals surface area contributed by atoms with Crippen molar-refractivity contribution in [3.8, 4) is 0 Å². The van der Waals surface area contributed by atoms with Gasteiger partial charge >= 0.3 is 0 Å². The first-order valence-electron chi connectivity index (χ1n) is 7.86. The summed E-state index contributed by atoms with van der Waals surface area (Å²) in [6.07, 6.45) is 7.20. The molecule has 0 aromatic heterocycles. The molecule has 0 saturated carbocycles. The molecular weight excluding hydrogens is 290 g/mol. The third-order valence-corrected chi connectivity index (χ3v) is 3.56. The Bertz CT molecular complexity index is 603. The molecule has 0 aliphatic heterocycles. The zero-order valence-corrected chi connectivity index (χ0v) is 13.4. The molecule has 5 nitrogen and oxygen atoms in total. The van der Waals surface area contributed by atoms with Gasteiger partial charge in [-0.05, 0) is 43.2 Å².